The highest BCUT2D eigenvalue weighted by Gasteiger charge is 2.28. The SMILES string of the molecule is O=C(CN1CCC[C@@H]1c1ccc2c(c1)OCCCO2)Nc1ccc(Br)cc1F. The Balaban J connectivity index is 1.45. The number of benzene rings is 2. The molecule has 5 nitrogen and oxygen atoms in total. The van der Waals surface area contributed by atoms with Crippen LogP contribution in [-0.4, -0.2) is 37.1 Å². The van der Waals surface area contributed by atoms with Crippen molar-refractivity contribution in [1.82, 2.24) is 4.90 Å². The van der Waals surface area contributed by atoms with E-state index in [2.05, 4.69) is 26.1 Å². The fourth-order valence-electron chi connectivity index (χ4n) is 3.75. The van der Waals surface area contributed by atoms with Gasteiger partial charge in [0.1, 0.15) is 5.82 Å². The number of anilines is 1. The molecule has 1 saturated heterocycles. The van der Waals surface area contributed by atoms with Gasteiger partial charge < -0.3 is 14.8 Å². The number of halogens is 2. The summed E-state index contributed by atoms with van der Waals surface area (Å²) in [6.45, 7) is 2.35. The third kappa shape index (κ3) is 4.31. The second kappa shape index (κ2) is 8.49. The van der Waals surface area contributed by atoms with Crippen LogP contribution in [0.5, 0.6) is 11.5 Å². The van der Waals surface area contributed by atoms with Crippen LogP contribution in [0.4, 0.5) is 10.1 Å². The third-order valence-electron chi connectivity index (χ3n) is 5.07. The zero-order valence-electron chi connectivity index (χ0n) is 15.4. The van der Waals surface area contributed by atoms with E-state index in [0.717, 1.165) is 42.9 Å². The molecule has 0 bridgehead atoms. The molecule has 7 heteroatoms. The molecule has 1 atom stereocenters. The van der Waals surface area contributed by atoms with Crippen molar-refractivity contribution >= 4 is 27.5 Å². The molecule has 28 heavy (non-hydrogen) atoms. The van der Waals surface area contributed by atoms with Gasteiger partial charge in [0.25, 0.3) is 0 Å². The van der Waals surface area contributed by atoms with E-state index in [1.165, 1.54) is 6.07 Å². The van der Waals surface area contributed by atoms with Crippen molar-refractivity contribution in [2.24, 2.45) is 0 Å². The molecule has 0 saturated carbocycles. The lowest BCUT2D eigenvalue weighted by atomic mass is 10.0. The summed E-state index contributed by atoms with van der Waals surface area (Å²) >= 11 is 3.22. The van der Waals surface area contributed by atoms with Crippen molar-refractivity contribution in [3.8, 4) is 11.5 Å². The van der Waals surface area contributed by atoms with E-state index in [0.29, 0.717) is 17.7 Å². The van der Waals surface area contributed by atoms with Gasteiger partial charge >= 0.3 is 0 Å². The largest absolute Gasteiger partial charge is 0.490 e. The van der Waals surface area contributed by atoms with Crippen LogP contribution in [0.2, 0.25) is 0 Å². The molecule has 4 rings (SSSR count). The Morgan fingerprint density at radius 3 is 2.79 bits per heavy atom. The summed E-state index contributed by atoms with van der Waals surface area (Å²) in [5.41, 5.74) is 1.31. The molecule has 0 radical (unpaired) electrons. The van der Waals surface area contributed by atoms with Crippen molar-refractivity contribution in [2.75, 3.05) is 31.6 Å². The highest BCUT2D eigenvalue weighted by atomic mass is 79.9. The molecule has 1 N–H and O–H groups in total. The Labute approximate surface area is 171 Å². The molecular weight excluding hydrogens is 427 g/mol. The van der Waals surface area contributed by atoms with E-state index in [9.17, 15) is 9.18 Å². The van der Waals surface area contributed by atoms with Gasteiger partial charge in [-0.15, -0.1) is 0 Å². The van der Waals surface area contributed by atoms with Crippen LogP contribution >= 0.6 is 15.9 Å². The Bertz CT molecular complexity index is 877. The minimum Gasteiger partial charge on any atom is -0.490 e. The summed E-state index contributed by atoms with van der Waals surface area (Å²) in [6.07, 6.45) is 2.85. The van der Waals surface area contributed by atoms with Crippen molar-refractivity contribution in [3.05, 3.63) is 52.3 Å². The van der Waals surface area contributed by atoms with Gasteiger partial charge in [0, 0.05) is 16.9 Å². The lowest BCUT2D eigenvalue weighted by Crippen LogP contribution is -2.33. The second-order valence-corrected chi connectivity index (χ2v) is 7.97. The zero-order valence-corrected chi connectivity index (χ0v) is 17.0. The van der Waals surface area contributed by atoms with E-state index in [1.807, 2.05) is 18.2 Å². The number of carbonyl (C=O) groups excluding carboxylic acids is 1. The number of nitrogens with zero attached hydrogens (tertiary/aromatic N) is 1. The van der Waals surface area contributed by atoms with E-state index >= 15 is 0 Å². The third-order valence-corrected chi connectivity index (χ3v) is 5.57. The molecule has 2 aromatic rings. The van der Waals surface area contributed by atoms with Crippen LogP contribution in [0, 0.1) is 5.82 Å². The molecule has 0 unspecified atom stereocenters. The molecule has 2 aliphatic heterocycles. The van der Waals surface area contributed by atoms with Gasteiger partial charge in [-0.25, -0.2) is 4.39 Å². The number of nitrogens with one attached hydrogen (secondary N) is 1. The molecule has 0 aliphatic carbocycles. The number of likely N-dealkylation sites (tertiary alicyclic amines) is 1. The van der Waals surface area contributed by atoms with Crippen LogP contribution < -0.4 is 14.8 Å². The minimum absolute atomic E-state index is 0.137. The van der Waals surface area contributed by atoms with Gasteiger partial charge in [-0.3, -0.25) is 9.69 Å². The highest BCUT2D eigenvalue weighted by molar-refractivity contribution is 9.10. The number of hydrogen-bond donors (Lipinski definition) is 1. The smallest absolute Gasteiger partial charge is 0.238 e. The van der Waals surface area contributed by atoms with Crippen molar-refractivity contribution in [2.45, 2.75) is 25.3 Å². The van der Waals surface area contributed by atoms with Gasteiger partial charge in [-0.05, 0) is 55.3 Å². The molecule has 2 aliphatic rings. The van der Waals surface area contributed by atoms with Gasteiger partial charge in [0.05, 0.1) is 25.4 Å². The lowest BCUT2D eigenvalue weighted by Gasteiger charge is -2.25. The average Bonchev–Trinajstić information content (AvgIpc) is 2.99. The maximum atomic E-state index is 14.0. The van der Waals surface area contributed by atoms with Crippen LogP contribution in [0.1, 0.15) is 30.9 Å². The molecule has 2 heterocycles. The van der Waals surface area contributed by atoms with Gasteiger partial charge in [0.15, 0.2) is 11.5 Å². The maximum absolute atomic E-state index is 14.0. The minimum atomic E-state index is -0.455. The van der Waals surface area contributed by atoms with E-state index in [-0.39, 0.29) is 24.2 Å². The topological polar surface area (TPSA) is 50.8 Å². The first-order chi connectivity index (χ1) is 13.6. The van der Waals surface area contributed by atoms with E-state index < -0.39 is 5.82 Å². The van der Waals surface area contributed by atoms with Crippen molar-refractivity contribution in [3.63, 3.8) is 0 Å². The summed E-state index contributed by atoms with van der Waals surface area (Å²) in [4.78, 5) is 14.6. The first-order valence-corrected chi connectivity index (χ1v) is 10.3. The molecule has 0 aromatic heterocycles. The van der Waals surface area contributed by atoms with Crippen LogP contribution in [-0.2, 0) is 4.79 Å². The molecule has 2 aromatic carbocycles. The summed E-state index contributed by atoms with van der Waals surface area (Å²) in [5.74, 6) is 0.864. The van der Waals surface area contributed by atoms with Crippen LogP contribution in [0.25, 0.3) is 0 Å². The highest BCUT2D eigenvalue weighted by Crippen LogP contribution is 2.37. The summed E-state index contributed by atoms with van der Waals surface area (Å²) in [7, 11) is 0. The first kappa shape index (κ1) is 19.2. The Kier molecular flexibility index (Phi) is 5.82. The zero-order chi connectivity index (χ0) is 19.5. The summed E-state index contributed by atoms with van der Waals surface area (Å²) < 4.78 is 26.1. The number of amides is 1. The first-order valence-electron chi connectivity index (χ1n) is 9.48. The fourth-order valence-corrected chi connectivity index (χ4v) is 4.08. The Morgan fingerprint density at radius 2 is 1.96 bits per heavy atom. The van der Waals surface area contributed by atoms with Gasteiger partial charge in [-0.2, -0.15) is 0 Å². The average molecular weight is 449 g/mol. The summed E-state index contributed by atoms with van der Waals surface area (Å²) in [5, 5.41) is 2.67. The van der Waals surface area contributed by atoms with Crippen LogP contribution in [0.3, 0.4) is 0 Å². The number of carbonyl (C=O) groups is 1. The lowest BCUT2D eigenvalue weighted by molar-refractivity contribution is -0.117. The van der Waals surface area contributed by atoms with Crippen molar-refractivity contribution < 1.29 is 18.7 Å². The second-order valence-electron chi connectivity index (χ2n) is 7.06. The molecule has 148 valence electrons. The fraction of sp³-hybridized carbons (Fsp3) is 0.381. The number of hydrogen-bond acceptors (Lipinski definition) is 4. The Morgan fingerprint density at radius 1 is 1.14 bits per heavy atom. The van der Waals surface area contributed by atoms with Gasteiger partial charge in [0.2, 0.25) is 5.91 Å². The normalized spacial score (nSPS) is 19.3. The van der Waals surface area contributed by atoms with Crippen LogP contribution in [0.15, 0.2) is 40.9 Å². The number of rotatable bonds is 4. The Hall–Kier alpha value is -2.12. The maximum Gasteiger partial charge on any atom is 0.238 e. The molecule has 1 amide bonds. The standard InChI is InChI=1S/C21H22BrFN2O3/c22-15-5-6-17(16(23)12-15)24-21(26)13-25-8-1-3-18(25)14-4-7-19-20(11-14)28-10-2-9-27-19/h4-7,11-12,18H,1-3,8-10,13H2,(H,24,26)/t18-/m1/s1. The predicted octanol–water partition coefficient (Wildman–Crippen LogP) is 4.53. The predicted molar refractivity (Wildman–Crippen MR) is 108 cm³/mol. The number of ether oxygens (including phenoxy) is 2. The monoisotopic (exact) mass is 448 g/mol. The number of fused-ring (bicyclic) bond motifs is 1. The van der Waals surface area contributed by atoms with Crippen molar-refractivity contribution in [1.29, 1.82) is 0 Å². The molecule has 0 spiro atoms. The summed E-state index contributed by atoms with van der Waals surface area (Å²) in [6, 6.07) is 10.8. The molecule has 1 fully saturated rings. The van der Waals surface area contributed by atoms with E-state index in [1.54, 1.807) is 12.1 Å². The molecular formula is C21H22BrFN2O3. The van der Waals surface area contributed by atoms with E-state index in [4.69, 9.17) is 9.47 Å². The van der Waals surface area contributed by atoms with Gasteiger partial charge in [-0.1, -0.05) is 22.0 Å². The quantitative estimate of drug-likeness (QED) is 0.746.